The van der Waals surface area contributed by atoms with Gasteiger partial charge in [-0.05, 0) is 43.2 Å². The van der Waals surface area contributed by atoms with E-state index in [1.165, 1.54) is 11.3 Å². The van der Waals surface area contributed by atoms with Crippen molar-refractivity contribution in [1.29, 1.82) is 0 Å². The average molecular weight is 274 g/mol. The molecule has 1 unspecified atom stereocenters. The maximum atomic E-state index is 9.94. The van der Waals surface area contributed by atoms with E-state index in [0.29, 0.717) is 23.4 Å². The molecular formula is C16H16ClNO. The Morgan fingerprint density at radius 1 is 1.26 bits per heavy atom. The zero-order valence-electron chi connectivity index (χ0n) is 10.8. The summed E-state index contributed by atoms with van der Waals surface area (Å²) in [5, 5.41) is 10.6. The smallest absolute Gasteiger partial charge is 0.120 e. The molecule has 1 aliphatic heterocycles. The maximum absolute atomic E-state index is 9.94. The summed E-state index contributed by atoms with van der Waals surface area (Å²) in [4.78, 5) is 2.32. The molecule has 2 aromatic carbocycles. The first-order chi connectivity index (χ1) is 9.15. The molecule has 2 nitrogen and oxygen atoms in total. The first-order valence-electron chi connectivity index (χ1n) is 6.47. The SMILES string of the molecule is CC1Cc2ccccc2N1Cc1cc(Cl)ccc1O. The van der Waals surface area contributed by atoms with Crippen LogP contribution in [0.2, 0.25) is 5.02 Å². The van der Waals surface area contributed by atoms with Crippen molar-refractivity contribution < 1.29 is 5.11 Å². The summed E-state index contributed by atoms with van der Waals surface area (Å²) in [6.07, 6.45) is 1.05. The predicted octanol–water partition coefficient (Wildman–Crippen LogP) is 4.00. The Kier molecular flexibility index (Phi) is 3.11. The van der Waals surface area contributed by atoms with Gasteiger partial charge in [0.15, 0.2) is 0 Å². The van der Waals surface area contributed by atoms with Gasteiger partial charge in [-0.1, -0.05) is 29.8 Å². The Morgan fingerprint density at radius 3 is 2.89 bits per heavy atom. The molecule has 0 aromatic heterocycles. The normalized spacial score (nSPS) is 17.6. The number of rotatable bonds is 2. The first-order valence-corrected chi connectivity index (χ1v) is 6.85. The lowest BCUT2D eigenvalue weighted by atomic mass is 10.1. The molecule has 3 rings (SSSR count). The van der Waals surface area contributed by atoms with Crippen LogP contribution in [0.25, 0.3) is 0 Å². The highest BCUT2D eigenvalue weighted by Gasteiger charge is 2.25. The molecule has 1 atom stereocenters. The number of halogens is 1. The van der Waals surface area contributed by atoms with Gasteiger partial charge in [0, 0.05) is 28.9 Å². The van der Waals surface area contributed by atoms with Gasteiger partial charge in [-0.25, -0.2) is 0 Å². The van der Waals surface area contributed by atoms with Gasteiger partial charge in [-0.2, -0.15) is 0 Å². The fourth-order valence-electron chi connectivity index (χ4n) is 2.73. The van der Waals surface area contributed by atoms with Crippen LogP contribution in [0.4, 0.5) is 5.69 Å². The minimum absolute atomic E-state index is 0.306. The standard InChI is InChI=1S/C16H16ClNO/c1-11-8-12-4-2-3-5-15(12)18(11)10-13-9-14(17)6-7-16(13)19/h2-7,9,11,19H,8,10H2,1H3. The second kappa shape index (κ2) is 4.78. The van der Waals surface area contributed by atoms with Crippen LogP contribution in [-0.2, 0) is 13.0 Å². The topological polar surface area (TPSA) is 23.5 Å². The average Bonchev–Trinajstić information content (AvgIpc) is 2.71. The number of phenolic OH excluding ortho intramolecular Hbond substituents is 1. The Morgan fingerprint density at radius 2 is 2.05 bits per heavy atom. The molecule has 0 radical (unpaired) electrons. The molecular weight excluding hydrogens is 258 g/mol. The number of fused-ring (bicyclic) bond motifs is 1. The van der Waals surface area contributed by atoms with E-state index in [4.69, 9.17) is 11.6 Å². The van der Waals surface area contributed by atoms with Crippen LogP contribution in [0.1, 0.15) is 18.1 Å². The van der Waals surface area contributed by atoms with Crippen molar-refractivity contribution in [2.24, 2.45) is 0 Å². The van der Waals surface area contributed by atoms with Crippen molar-refractivity contribution in [3.63, 3.8) is 0 Å². The second-order valence-electron chi connectivity index (χ2n) is 5.08. The molecule has 3 heteroatoms. The van der Waals surface area contributed by atoms with E-state index in [9.17, 15) is 5.11 Å². The van der Waals surface area contributed by atoms with Crippen LogP contribution in [0.15, 0.2) is 42.5 Å². The molecule has 2 aromatic rings. The minimum atomic E-state index is 0.306. The first kappa shape index (κ1) is 12.4. The molecule has 0 amide bonds. The molecule has 0 aliphatic carbocycles. The van der Waals surface area contributed by atoms with E-state index >= 15 is 0 Å². The molecule has 0 saturated carbocycles. The fourth-order valence-corrected chi connectivity index (χ4v) is 2.93. The van der Waals surface area contributed by atoms with E-state index in [1.807, 2.05) is 6.07 Å². The zero-order chi connectivity index (χ0) is 13.4. The number of aromatic hydroxyl groups is 1. The van der Waals surface area contributed by atoms with Crippen molar-refractivity contribution in [2.75, 3.05) is 4.90 Å². The van der Waals surface area contributed by atoms with Crippen LogP contribution in [0.3, 0.4) is 0 Å². The van der Waals surface area contributed by atoms with E-state index in [1.54, 1.807) is 12.1 Å². The summed E-state index contributed by atoms with van der Waals surface area (Å²) in [5.74, 6) is 0.306. The molecule has 0 fully saturated rings. The van der Waals surface area contributed by atoms with Gasteiger partial charge in [0.2, 0.25) is 0 Å². The van der Waals surface area contributed by atoms with Crippen LogP contribution in [0.5, 0.6) is 5.75 Å². The summed E-state index contributed by atoms with van der Waals surface area (Å²) >= 11 is 6.01. The number of benzene rings is 2. The van der Waals surface area contributed by atoms with Crippen molar-refractivity contribution >= 4 is 17.3 Å². The predicted molar refractivity (Wildman–Crippen MR) is 78.9 cm³/mol. The zero-order valence-corrected chi connectivity index (χ0v) is 11.6. The van der Waals surface area contributed by atoms with Gasteiger partial charge >= 0.3 is 0 Å². The number of hydrogen-bond donors (Lipinski definition) is 1. The maximum Gasteiger partial charge on any atom is 0.120 e. The Balaban J connectivity index is 1.93. The lowest BCUT2D eigenvalue weighted by Gasteiger charge is -2.25. The summed E-state index contributed by atoms with van der Waals surface area (Å²) in [6.45, 7) is 2.90. The van der Waals surface area contributed by atoms with Gasteiger partial charge in [0.1, 0.15) is 5.75 Å². The van der Waals surface area contributed by atoms with Crippen molar-refractivity contribution in [3.8, 4) is 5.75 Å². The summed E-state index contributed by atoms with van der Waals surface area (Å²) < 4.78 is 0. The molecule has 1 N–H and O–H groups in total. The van der Waals surface area contributed by atoms with E-state index < -0.39 is 0 Å². The third kappa shape index (κ3) is 2.28. The fraction of sp³-hybridized carbons (Fsp3) is 0.250. The number of para-hydroxylation sites is 1. The highest BCUT2D eigenvalue weighted by atomic mass is 35.5. The number of phenols is 1. The van der Waals surface area contributed by atoms with Gasteiger partial charge < -0.3 is 10.0 Å². The molecule has 0 bridgehead atoms. The molecule has 1 aliphatic rings. The van der Waals surface area contributed by atoms with Crippen LogP contribution < -0.4 is 4.90 Å². The van der Waals surface area contributed by atoms with Gasteiger partial charge in [0.05, 0.1) is 0 Å². The van der Waals surface area contributed by atoms with Crippen LogP contribution in [0, 0.1) is 0 Å². The van der Waals surface area contributed by atoms with Gasteiger partial charge in [-0.15, -0.1) is 0 Å². The summed E-state index contributed by atoms with van der Waals surface area (Å²) in [5.41, 5.74) is 3.50. The molecule has 0 saturated heterocycles. The Hall–Kier alpha value is -1.67. The highest BCUT2D eigenvalue weighted by Crippen LogP contribution is 2.34. The van der Waals surface area contributed by atoms with Crippen molar-refractivity contribution in [3.05, 3.63) is 58.6 Å². The number of nitrogens with zero attached hydrogens (tertiary/aromatic N) is 1. The van der Waals surface area contributed by atoms with Crippen molar-refractivity contribution in [2.45, 2.75) is 25.9 Å². The van der Waals surface area contributed by atoms with Crippen LogP contribution in [-0.4, -0.2) is 11.1 Å². The van der Waals surface area contributed by atoms with Crippen molar-refractivity contribution in [1.82, 2.24) is 0 Å². The summed E-state index contributed by atoms with van der Waals surface area (Å²) in [7, 11) is 0. The Labute approximate surface area is 118 Å². The van der Waals surface area contributed by atoms with E-state index in [0.717, 1.165) is 12.0 Å². The largest absolute Gasteiger partial charge is 0.508 e. The molecule has 98 valence electrons. The monoisotopic (exact) mass is 273 g/mol. The third-order valence-electron chi connectivity index (χ3n) is 3.73. The molecule has 19 heavy (non-hydrogen) atoms. The van der Waals surface area contributed by atoms with E-state index in [2.05, 4.69) is 36.1 Å². The molecule has 0 spiro atoms. The second-order valence-corrected chi connectivity index (χ2v) is 5.52. The molecule has 1 heterocycles. The lowest BCUT2D eigenvalue weighted by Crippen LogP contribution is -2.28. The van der Waals surface area contributed by atoms with E-state index in [-0.39, 0.29) is 0 Å². The lowest BCUT2D eigenvalue weighted by molar-refractivity contribution is 0.466. The Bertz CT molecular complexity index is 611. The van der Waals surface area contributed by atoms with Gasteiger partial charge in [-0.3, -0.25) is 0 Å². The third-order valence-corrected chi connectivity index (χ3v) is 3.97. The highest BCUT2D eigenvalue weighted by molar-refractivity contribution is 6.30. The minimum Gasteiger partial charge on any atom is -0.508 e. The number of anilines is 1. The quantitative estimate of drug-likeness (QED) is 0.894. The van der Waals surface area contributed by atoms with Crippen LogP contribution >= 0.6 is 11.6 Å². The summed E-state index contributed by atoms with van der Waals surface area (Å²) in [6, 6.07) is 14.1. The number of hydrogen-bond acceptors (Lipinski definition) is 2. The van der Waals surface area contributed by atoms with Gasteiger partial charge in [0.25, 0.3) is 0 Å².